The largest absolute Gasteiger partial charge is 0.491 e. The lowest BCUT2D eigenvalue weighted by molar-refractivity contribution is 0.104. The van der Waals surface area contributed by atoms with Gasteiger partial charge >= 0.3 is 0 Å². The summed E-state index contributed by atoms with van der Waals surface area (Å²) in [6, 6.07) is 10.2. The SMILES string of the molecule is CCSC1CCC(NCC(O)COc2ccccc2)C1. The van der Waals surface area contributed by atoms with Crippen LogP contribution >= 0.6 is 11.8 Å². The number of para-hydroxylation sites is 1. The fourth-order valence-electron chi connectivity index (χ4n) is 2.58. The van der Waals surface area contributed by atoms with E-state index in [1.54, 1.807) is 0 Å². The molecule has 1 fully saturated rings. The molecule has 112 valence electrons. The van der Waals surface area contributed by atoms with E-state index in [1.807, 2.05) is 30.3 Å². The molecular formula is C16H25NO2S. The van der Waals surface area contributed by atoms with E-state index in [1.165, 1.54) is 25.0 Å². The number of benzene rings is 1. The van der Waals surface area contributed by atoms with Gasteiger partial charge in [-0.25, -0.2) is 0 Å². The number of hydrogen-bond donors (Lipinski definition) is 2. The Morgan fingerprint density at radius 3 is 2.90 bits per heavy atom. The minimum atomic E-state index is -0.451. The molecule has 1 aromatic carbocycles. The van der Waals surface area contributed by atoms with Crippen molar-refractivity contribution in [2.24, 2.45) is 0 Å². The molecule has 3 nitrogen and oxygen atoms in total. The Bertz CT molecular complexity index is 374. The van der Waals surface area contributed by atoms with E-state index in [2.05, 4.69) is 24.0 Å². The van der Waals surface area contributed by atoms with Crippen LogP contribution in [0.15, 0.2) is 30.3 Å². The summed E-state index contributed by atoms with van der Waals surface area (Å²) in [4.78, 5) is 0. The Balaban J connectivity index is 1.60. The second kappa shape index (κ2) is 8.55. The van der Waals surface area contributed by atoms with Crippen LogP contribution < -0.4 is 10.1 Å². The maximum atomic E-state index is 9.95. The molecule has 20 heavy (non-hydrogen) atoms. The van der Waals surface area contributed by atoms with Gasteiger partial charge in [0.05, 0.1) is 0 Å². The Hall–Kier alpha value is -0.710. The van der Waals surface area contributed by atoms with Gasteiger partial charge in [0.2, 0.25) is 0 Å². The van der Waals surface area contributed by atoms with E-state index in [9.17, 15) is 5.11 Å². The third-order valence-electron chi connectivity index (χ3n) is 3.61. The van der Waals surface area contributed by atoms with E-state index in [4.69, 9.17) is 4.74 Å². The highest BCUT2D eigenvalue weighted by molar-refractivity contribution is 7.99. The Morgan fingerprint density at radius 1 is 1.35 bits per heavy atom. The molecule has 0 radical (unpaired) electrons. The molecule has 2 rings (SSSR count). The molecule has 1 aliphatic carbocycles. The van der Waals surface area contributed by atoms with Crippen molar-refractivity contribution >= 4 is 11.8 Å². The van der Waals surface area contributed by atoms with Crippen molar-refractivity contribution in [3.05, 3.63) is 30.3 Å². The van der Waals surface area contributed by atoms with E-state index < -0.39 is 6.10 Å². The predicted octanol–water partition coefficient (Wildman–Crippen LogP) is 2.69. The van der Waals surface area contributed by atoms with E-state index in [0.717, 1.165) is 11.0 Å². The molecular weight excluding hydrogens is 270 g/mol. The maximum absolute atomic E-state index is 9.95. The molecule has 0 heterocycles. The first-order valence-electron chi connectivity index (χ1n) is 7.48. The molecule has 1 saturated carbocycles. The summed E-state index contributed by atoms with van der Waals surface area (Å²) < 4.78 is 5.55. The van der Waals surface area contributed by atoms with E-state index in [0.29, 0.717) is 19.2 Å². The lowest BCUT2D eigenvalue weighted by Gasteiger charge is -2.17. The zero-order chi connectivity index (χ0) is 14.2. The highest BCUT2D eigenvalue weighted by atomic mass is 32.2. The van der Waals surface area contributed by atoms with Crippen LogP contribution in [0, 0.1) is 0 Å². The first kappa shape index (κ1) is 15.7. The smallest absolute Gasteiger partial charge is 0.119 e. The lowest BCUT2D eigenvalue weighted by Crippen LogP contribution is -2.37. The van der Waals surface area contributed by atoms with Gasteiger partial charge in [-0.2, -0.15) is 11.8 Å². The summed E-state index contributed by atoms with van der Waals surface area (Å²) in [5.74, 6) is 2.01. The Labute approximate surface area is 126 Å². The van der Waals surface area contributed by atoms with Crippen molar-refractivity contribution in [3.63, 3.8) is 0 Å². The molecule has 0 spiro atoms. The van der Waals surface area contributed by atoms with Crippen LogP contribution in [-0.2, 0) is 0 Å². The number of thioether (sulfide) groups is 1. The summed E-state index contributed by atoms with van der Waals surface area (Å²) in [5.41, 5.74) is 0. The van der Waals surface area contributed by atoms with Crippen LogP contribution in [0.1, 0.15) is 26.2 Å². The monoisotopic (exact) mass is 295 g/mol. The van der Waals surface area contributed by atoms with E-state index >= 15 is 0 Å². The first-order chi connectivity index (χ1) is 9.78. The molecule has 0 saturated heterocycles. The van der Waals surface area contributed by atoms with Gasteiger partial charge in [0, 0.05) is 17.8 Å². The number of rotatable bonds is 8. The van der Waals surface area contributed by atoms with Crippen LogP contribution in [0.3, 0.4) is 0 Å². The minimum Gasteiger partial charge on any atom is -0.491 e. The topological polar surface area (TPSA) is 41.5 Å². The maximum Gasteiger partial charge on any atom is 0.119 e. The molecule has 0 aromatic heterocycles. The van der Waals surface area contributed by atoms with Gasteiger partial charge in [-0.15, -0.1) is 0 Å². The Kier molecular flexibility index (Phi) is 6.70. The van der Waals surface area contributed by atoms with Crippen molar-refractivity contribution < 1.29 is 9.84 Å². The quantitative estimate of drug-likeness (QED) is 0.774. The van der Waals surface area contributed by atoms with Crippen molar-refractivity contribution in [1.82, 2.24) is 5.32 Å². The molecule has 0 amide bonds. The fraction of sp³-hybridized carbons (Fsp3) is 0.625. The first-order valence-corrected chi connectivity index (χ1v) is 8.53. The highest BCUT2D eigenvalue weighted by Crippen LogP contribution is 2.29. The molecule has 1 aliphatic rings. The minimum absolute atomic E-state index is 0.344. The average Bonchev–Trinajstić information content (AvgIpc) is 2.92. The van der Waals surface area contributed by atoms with Crippen molar-refractivity contribution in [2.75, 3.05) is 18.9 Å². The van der Waals surface area contributed by atoms with Gasteiger partial charge in [-0.05, 0) is 37.1 Å². The number of aliphatic hydroxyl groups excluding tert-OH is 1. The van der Waals surface area contributed by atoms with Crippen molar-refractivity contribution in [1.29, 1.82) is 0 Å². The molecule has 2 N–H and O–H groups in total. The number of hydrogen-bond acceptors (Lipinski definition) is 4. The molecule has 0 bridgehead atoms. The van der Waals surface area contributed by atoms with Gasteiger partial charge in [0.1, 0.15) is 18.5 Å². The normalized spacial score (nSPS) is 23.7. The van der Waals surface area contributed by atoms with E-state index in [-0.39, 0.29) is 0 Å². The number of aliphatic hydroxyl groups is 1. The van der Waals surface area contributed by atoms with Crippen molar-refractivity contribution in [3.8, 4) is 5.75 Å². The second-order valence-electron chi connectivity index (χ2n) is 5.27. The number of ether oxygens (including phenoxy) is 1. The standard InChI is InChI=1S/C16H25NO2S/c1-2-20-16-9-8-13(10-16)17-11-14(18)12-19-15-6-4-3-5-7-15/h3-7,13-14,16-18H,2,8-12H2,1H3. The highest BCUT2D eigenvalue weighted by Gasteiger charge is 2.24. The van der Waals surface area contributed by atoms with Gasteiger partial charge < -0.3 is 15.2 Å². The summed E-state index contributed by atoms with van der Waals surface area (Å²) in [6.07, 6.45) is 3.30. The van der Waals surface area contributed by atoms with Gasteiger partial charge in [-0.3, -0.25) is 0 Å². The summed E-state index contributed by atoms with van der Waals surface area (Å²) >= 11 is 2.06. The van der Waals surface area contributed by atoms with Crippen molar-refractivity contribution in [2.45, 2.75) is 43.6 Å². The van der Waals surface area contributed by atoms with Crippen LogP contribution in [0.4, 0.5) is 0 Å². The number of nitrogens with one attached hydrogen (secondary N) is 1. The third kappa shape index (κ3) is 5.35. The summed E-state index contributed by atoms with van der Waals surface area (Å²) in [7, 11) is 0. The molecule has 1 aromatic rings. The van der Waals surface area contributed by atoms with Crippen LogP contribution in [0.25, 0.3) is 0 Å². The Morgan fingerprint density at radius 2 is 2.15 bits per heavy atom. The second-order valence-corrected chi connectivity index (χ2v) is 6.85. The summed E-state index contributed by atoms with van der Waals surface area (Å²) in [5, 5.41) is 14.2. The van der Waals surface area contributed by atoms with Gasteiger partial charge in [0.25, 0.3) is 0 Å². The van der Waals surface area contributed by atoms with Crippen LogP contribution in [-0.4, -0.2) is 41.4 Å². The van der Waals surface area contributed by atoms with Gasteiger partial charge in [0.15, 0.2) is 0 Å². The van der Waals surface area contributed by atoms with Crippen LogP contribution in [0.5, 0.6) is 5.75 Å². The zero-order valence-corrected chi connectivity index (χ0v) is 12.9. The average molecular weight is 295 g/mol. The fourth-order valence-corrected chi connectivity index (χ4v) is 3.73. The molecule has 3 atom stereocenters. The molecule has 3 unspecified atom stereocenters. The lowest BCUT2D eigenvalue weighted by atomic mass is 10.2. The third-order valence-corrected chi connectivity index (χ3v) is 4.85. The molecule has 4 heteroatoms. The zero-order valence-electron chi connectivity index (χ0n) is 12.1. The van der Waals surface area contributed by atoms with Gasteiger partial charge in [-0.1, -0.05) is 25.1 Å². The molecule has 0 aliphatic heterocycles. The summed E-state index contributed by atoms with van der Waals surface area (Å²) in [6.45, 7) is 3.17. The van der Waals surface area contributed by atoms with Crippen LogP contribution in [0.2, 0.25) is 0 Å². The predicted molar refractivity (Wildman–Crippen MR) is 85.5 cm³/mol.